The molecule has 4 N–H and O–H groups in total. The van der Waals surface area contributed by atoms with Gasteiger partial charge in [-0.25, -0.2) is 13.1 Å². The predicted molar refractivity (Wildman–Crippen MR) is 98.1 cm³/mol. The van der Waals surface area contributed by atoms with Gasteiger partial charge in [0, 0.05) is 6.04 Å². The minimum Gasteiger partial charge on any atom is -0.495 e. The Morgan fingerprint density at radius 1 is 1.35 bits per heavy atom. The van der Waals surface area contributed by atoms with Crippen molar-refractivity contribution in [1.29, 1.82) is 0 Å². The molecule has 0 atom stereocenters. The van der Waals surface area contributed by atoms with Gasteiger partial charge < -0.3 is 20.2 Å². The SMILES string of the molecule is COc1ccc(S(=O)(=O)NC2CC2)cc1NC(=O)c1coc(CN)c1.Cl. The summed E-state index contributed by atoms with van der Waals surface area (Å²) in [7, 11) is -2.20. The number of furan rings is 1. The van der Waals surface area contributed by atoms with Crippen molar-refractivity contribution in [2.75, 3.05) is 12.4 Å². The summed E-state index contributed by atoms with van der Waals surface area (Å²) in [5.74, 6) is 0.370. The van der Waals surface area contributed by atoms with Crippen LogP contribution in [0, 0.1) is 0 Å². The van der Waals surface area contributed by atoms with Gasteiger partial charge in [0.1, 0.15) is 17.8 Å². The molecule has 0 bridgehead atoms. The molecule has 1 fully saturated rings. The van der Waals surface area contributed by atoms with Gasteiger partial charge in [-0.05, 0) is 37.1 Å². The Morgan fingerprint density at radius 2 is 2.08 bits per heavy atom. The van der Waals surface area contributed by atoms with Gasteiger partial charge in [0.15, 0.2) is 0 Å². The maximum atomic E-state index is 12.3. The number of hydrogen-bond acceptors (Lipinski definition) is 6. The number of anilines is 1. The number of rotatable bonds is 7. The number of nitrogens with two attached hydrogens (primary N) is 1. The minimum atomic E-state index is -3.64. The summed E-state index contributed by atoms with van der Waals surface area (Å²) in [5.41, 5.74) is 5.99. The van der Waals surface area contributed by atoms with E-state index in [2.05, 4.69) is 10.0 Å². The zero-order valence-electron chi connectivity index (χ0n) is 14.0. The van der Waals surface area contributed by atoms with E-state index in [0.717, 1.165) is 12.8 Å². The first-order valence-corrected chi connectivity index (χ1v) is 9.20. The number of hydrogen-bond donors (Lipinski definition) is 3. The number of amides is 1. The lowest BCUT2D eigenvalue weighted by Gasteiger charge is -2.12. The quantitative estimate of drug-likeness (QED) is 0.650. The van der Waals surface area contributed by atoms with Crippen molar-refractivity contribution < 1.29 is 22.4 Å². The predicted octanol–water partition coefficient (Wildman–Crippen LogP) is 1.86. The van der Waals surface area contributed by atoms with Crippen LogP contribution in [0.3, 0.4) is 0 Å². The lowest BCUT2D eigenvalue weighted by Crippen LogP contribution is -2.25. The zero-order valence-corrected chi connectivity index (χ0v) is 15.7. The van der Waals surface area contributed by atoms with Crippen LogP contribution >= 0.6 is 12.4 Å². The smallest absolute Gasteiger partial charge is 0.259 e. The average molecular weight is 402 g/mol. The van der Waals surface area contributed by atoms with Gasteiger partial charge in [-0.15, -0.1) is 12.4 Å². The number of nitrogens with one attached hydrogen (secondary N) is 2. The van der Waals surface area contributed by atoms with Crippen molar-refractivity contribution in [3.63, 3.8) is 0 Å². The Morgan fingerprint density at radius 3 is 2.65 bits per heavy atom. The molecule has 8 nitrogen and oxygen atoms in total. The summed E-state index contributed by atoms with van der Waals surface area (Å²) >= 11 is 0. The van der Waals surface area contributed by atoms with Crippen LogP contribution in [-0.2, 0) is 16.6 Å². The van der Waals surface area contributed by atoms with E-state index in [1.54, 1.807) is 0 Å². The Hall–Kier alpha value is -2.07. The van der Waals surface area contributed by atoms with Gasteiger partial charge in [-0.2, -0.15) is 0 Å². The molecule has 26 heavy (non-hydrogen) atoms. The molecule has 10 heteroatoms. The topological polar surface area (TPSA) is 124 Å². The second-order valence-electron chi connectivity index (χ2n) is 5.72. The molecule has 0 saturated heterocycles. The summed E-state index contributed by atoms with van der Waals surface area (Å²) in [4.78, 5) is 12.4. The van der Waals surface area contributed by atoms with E-state index in [-0.39, 0.29) is 41.1 Å². The summed E-state index contributed by atoms with van der Waals surface area (Å²) in [6, 6.07) is 5.81. The fourth-order valence-electron chi connectivity index (χ4n) is 2.24. The highest BCUT2D eigenvalue weighted by atomic mass is 35.5. The number of sulfonamides is 1. The zero-order chi connectivity index (χ0) is 18.0. The summed E-state index contributed by atoms with van der Waals surface area (Å²) in [5, 5.41) is 2.64. The highest BCUT2D eigenvalue weighted by Crippen LogP contribution is 2.29. The number of carbonyl (C=O) groups excluding carboxylic acids is 1. The van der Waals surface area contributed by atoms with E-state index in [9.17, 15) is 13.2 Å². The van der Waals surface area contributed by atoms with Crippen LogP contribution in [0.25, 0.3) is 0 Å². The molecular formula is C16H20ClN3O5S. The molecule has 1 aromatic heterocycles. The van der Waals surface area contributed by atoms with Gasteiger partial charge in [0.25, 0.3) is 5.91 Å². The third-order valence-electron chi connectivity index (χ3n) is 3.75. The van der Waals surface area contributed by atoms with Crippen molar-refractivity contribution in [1.82, 2.24) is 4.72 Å². The highest BCUT2D eigenvalue weighted by molar-refractivity contribution is 7.89. The van der Waals surface area contributed by atoms with Gasteiger partial charge >= 0.3 is 0 Å². The van der Waals surface area contributed by atoms with Crippen molar-refractivity contribution in [3.05, 3.63) is 41.9 Å². The minimum absolute atomic E-state index is 0. The maximum absolute atomic E-state index is 12.3. The van der Waals surface area contributed by atoms with E-state index in [1.165, 1.54) is 37.6 Å². The molecule has 142 valence electrons. The molecule has 3 rings (SSSR count). The van der Waals surface area contributed by atoms with Gasteiger partial charge in [0.05, 0.1) is 29.8 Å². The third-order valence-corrected chi connectivity index (χ3v) is 5.26. The largest absolute Gasteiger partial charge is 0.495 e. The van der Waals surface area contributed by atoms with Crippen molar-refractivity contribution >= 4 is 34.0 Å². The first-order chi connectivity index (χ1) is 11.9. The van der Waals surface area contributed by atoms with Crippen LogP contribution in [0.15, 0.2) is 39.8 Å². The van der Waals surface area contributed by atoms with E-state index >= 15 is 0 Å². The standard InChI is InChI=1S/C16H19N3O5S.ClH/c1-23-15-5-4-13(25(21,22)19-11-2-3-11)7-14(15)18-16(20)10-6-12(8-17)24-9-10;/h4-7,9,11,19H,2-3,8,17H2,1H3,(H,18,20);1H. The van der Waals surface area contributed by atoms with Crippen LogP contribution in [0.1, 0.15) is 29.0 Å². The molecule has 2 aromatic rings. The van der Waals surface area contributed by atoms with Crippen molar-refractivity contribution in [2.45, 2.75) is 30.3 Å². The van der Waals surface area contributed by atoms with Gasteiger partial charge in [0.2, 0.25) is 10.0 Å². The van der Waals surface area contributed by atoms with E-state index in [0.29, 0.717) is 11.5 Å². The molecule has 1 aromatic carbocycles. The molecule has 1 aliphatic rings. The maximum Gasteiger partial charge on any atom is 0.259 e. The summed E-state index contributed by atoms with van der Waals surface area (Å²) in [6.45, 7) is 0.178. The van der Waals surface area contributed by atoms with E-state index in [4.69, 9.17) is 14.9 Å². The van der Waals surface area contributed by atoms with Crippen molar-refractivity contribution in [2.24, 2.45) is 5.73 Å². The molecular weight excluding hydrogens is 382 g/mol. The Kier molecular flexibility index (Phi) is 6.30. The molecule has 1 aliphatic carbocycles. The highest BCUT2D eigenvalue weighted by Gasteiger charge is 2.28. The van der Waals surface area contributed by atoms with Crippen LogP contribution < -0.4 is 20.5 Å². The fraction of sp³-hybridized carbons (Fsp3) is 0.312. The molecule has 1 saturated carbocycles. The molecule has 0 unspecified atom stereocenters. The average Bonchev–Trinajstić information content (AvgIpc) is 3.25. The Labute approximate surface area is 157 Å². The van der Waals surface area contributed by atoms with Crippen molar-refractivity contribution in [3.8, 4) is 5.75 Å². The summed E-state index contributed by atoms with van der Waals surface area (Å²) < 4.78 is 37.6. The first kappa shape index (κ1) is 20.2. The second-order valence-corrected chi connectivity index (χ2v) is 7.43. The van der Waals surface area contributed by atoms with Crippen LogP contribution in [0.5, 0.6) is 5.75 Å². The number of carbonyl (C=O) groups is 1. The Balaban J connectivity index is 0.00000243. The number of halogens is 1. The van der Waals surface area contributed by atoms with Gasteiger partial charge in [-0.1, -0.05) is 0 Å². The molecule has 0 spiro atoms. The molecule has 1 amide bonds. The lowest BCUT2D eigenvalue weighted by atomic mass is 10.2. The van der Waals surface area contributed by atoms with Crippen LogP contribution in [0.4, 0.5) is 5.69 Å². The number of ether oxygens (including phenoxy) is 1. The van der Waals surface area contributed by atoms with Crippen LogP contribution in [-0.4, -0.2) is 27.5 Å². The fourth-order valence-corrected chi connectivity index (χ4v) is 3.57. The first-order valence-electron chi connectivity index (χ1n) is 7.72. The van der Waals surface area contributed by atoms with Crippen LogP contribution in [0.2, 0.25) is 0 Å². The number of benzene rings is 1. The second kappa shape index (κ2) is 8.09. The normalized spacial score (nSPS) is 13.8. The lowest BCUT2D eigenvalue weighted by molar-refractivity contribution is 0.102. The summed E-state index contributed by atoms with van der Waals surface area (Å²) in [6.07, 6.45) is 2.96. The molecule has 0 aliphatic heterocycles. The monoisotopic (exact) mass is 401 g/mol. The number of methoxy groups -OCH3 is 1. The van der Waals surface area contributed by atoms with E-state index < -0.39 is 15.9 Å². The third kappa shape index (κ3) is 4.55. The Bertz CT molecular complexity index is 893. The van der Waals surface area contributed by atoms with Gasteiger partial charge in [-0.3, -0.25) is 4.79 Å². The molecule has 1 heterocycles. The molecule has 0 radical (unpaired) electrons. The van der Waals surface area contributed by atoms with E-state index in [1.807, 2.05) is 0 Å².